The largest absolute Gasteiger partial charge is 0.219 e. The van der Waals surface area contributed by atoms with Gasteiger partial charge < -0.3 is 0 Å². The van der Waals surface area contributed by atoms with Gasteiger partial charge in [-0.25, -0.2) is 8.42 Å². The molecule has 0 bridgehead atoms. The Morgan fingerprint density at radius 2 is 1.43 bits per heavy atom. The Morgan fingerprint density at radius 3 is 1.90 bits per heavy atom. The lowest BCUT2D eigenvalue weighted by atomic mass is 9.87. The van der Waals surface area contributed by atoms with E-state index in [4.69, 9.17) is 0 Å². The zero-order chi connectivity index (χ0) is 15.7. The van der Waals surface area contributed by atoms with Crippen LogP contribution in [0.2, 0.25) is 0 Å². The van der Waals surface area contributed by atoms with Crippen LogP contribution in [0, 0.1) is 0 Å². The van der Waals surface area contributed by atoms with Crippen LogP contribution in [-0.2, 0) is 15.3 Å². The molecule has 0 fully saturated rings. The molecule has 2 nitrogen and oxygen atoms in total. The summed E-state index contributed by atoms with van der Waals surface area (Å²) in [5.74, 6) is 0. The summed E-state index contributed by atoms with van der Waals surface area (Å²) in [6.45, 7) is 10.0. The van der Waals surface area contributed by atoms with E-state index in [1.54, 1.807) is 36.4 Å². The summed E-state index contributed by atoms with van der Waals surface area (Å²) in [6, 6.07) is 16.0. The minimum Gasteiger partial charge on any atom is -0.219 e. The topological polar surface area (TPSA) is 34.1 Å². The van der Waals surface area contributed by atoms with Crippen LogP contribution in [0.25, 0.3) is 4.91 Å². The molecule has 3 heteroatoms. The third kappa shape index (κ3) is 3.24. The number of sulfone groups is 1. The van der Waals surface area contributed by atoms with Gasteiger partial charge in [0, 0.05) is 0 Å². The normalized spacial score (nSPS) is 12.1. The number of rotatable bonds is 3. The van der Waals surface area contributed by atoms with E-state index in [-0.39, 0.29) is 15.2 Å². The van der Waals surface area contributed by atoms with Crippen LogP contribution in [-0.4, -0.2) is 8.42 Å². The predicted molar refractivity (Wildman–Crippen MR) is 87.8 cm³/mol. The molecule has 110 valence electrons. The first-order valence-electron chi connectivity index (χ1n) is 6.83. The van der Waals surface area contributed by atoms with E-state index in [0.29, 0.717) is 5.56 Å². The Kier molecular flexibility index (Phi) is 4.06. The summed E-state index contributed by atoms with van der Waals surface area (Å²) in [5.41, 5.74) is 1.72. The highest BCUT2D eigenvalue weighted by Gasteiger charge is 2.21. The van der Waals surface area contributed by atoms with Crippen molar-refractivity contribution in [3.63, 3.8) is 0 Å². The molecule has 0 amide bonds. The van der Waals surface area contributed by atoms with Crippen molar-refractivity contribution in [2.24, 2.45) is 0 Å². The summed E-state index contributed by atoms with van der Waals surface area (Å²) >= 11 is 0. The van der Waals surface area contributed by atoms with Gasteiger partial charge in [-0.2, -0.15) is 0 Å². The van der Waals surface area contributed by atoms with E-state index in [9.17, 15) is 8.42 Å². The molecule has 2 aromatic carbocycles. The Bertz CT molecular complexity index is 734. The van der Waals surface area contributed by atoms with Gasteiger partial charge in [0.05, 0.1) is 9.80 Å². The van der Waals surface area contributed by atoms with E-state index < -0.39 is 9.84 Å². The fraction of sp³-hybridized carbons (Fsp3) is 0.222. The molecule has 0 unspecified atom stereocenters. The molecule has 0 aliphatic rings. The van der Waals surface area contributed by atoms with E-state index >= 15 is 0 Å². The van der Waals surface area contributed by atoms with Gasteiger partial charge in [0.15, 0.2) is 0 Å². The van der Waals surface area contributed by atoms with Crippen molar-refractivity contribution in [3.8, 4) is 0 Å². The van der Waals surface area contributed by atoms with Gasteiger partial charge in [-0.3, -0.25) is 0 Å². The van der Waals surface area contributed by atoms with Gasteiger partial charge in [-0.15, -0.1) is 0 Å². The summed E-state index contributed by atoms with van der Waals surface area (Å²) in [7, 11) is -3.55. The molecule has 0 spiro atoms. The van der Waals surface area contributed by atoms with Crippen molar-refractivity contribution < 1.29 is 8.42 Å². The number of benzene rings is 2. The summed E-state index contributed by atoms with van der Waals surface area (Å²) in [4.78, 5) is 0.413. The van der Waals surface area contributed by atoms with Crippen molar-refractivity contribution in [3.05, 3.63) is 72.3 Å². The van der Waals surface area contributed by atoms with Gasteiger partial charge in [-0.1, -0.05) is 69.8 Å². The van der Waals surface area contributed by atoms with Gasteiger partial charge >= 0.3 is 0 Å². The van der Waals surface area contributed by atoms with Crippen LogP contribution in [0.15, 0.2) is 66.1 Å². The molecular weight excluding hydrogens is 280 g/mol. The minimum absolute atomic E-state index is 0.00126. The molecule has 0 aromatic heterocycles. The summed E-state index contributed by atoms with van der Waals surface area (Å²) < 4.78 is 25.2. The third-order valence-electron chi connectivity index (χ3n) is 3.45. The fourth-order valence-electron chi connectivity index (χ4n) is 2.06. The fourth-order valence-corrected chi connectivity index (χ4v) is 3.28. The Labute approximate surface area is 127 Å². The molecule has 21 heavy (non-hydrogen) atoms. The van der Waals surface area contributed by atoms with Crippen LogP contribution >= 0.6 is 0 Å². The molecule has 0 radical (unpaired) electrons. The molecule has 0 heterocycles. The van der Waals surface area contributed by atoms with Crippen LogP contribution in [0.4, 0.5) is 0 Å². The molecule has 2 rings (SSSR count). The third-order valence-corrected chi connectivity index (χ3v) is 5.23. The van der Waals surface area contributed by atoms with Gasteiger partial charge in [-0.05, 0) is 28.7 Å². The first-order chi connectivity index (χ1) is 9.73. The molecule has 0 saturated carbocycles. The highest BCUT2D eigenvalue weighted by molar-refractivity contribution is 8.00. The number of hydrogen-bond acceptors (Lipinski definition) is 2. The molecule has 0 aliphatic carbocycles. The summed E-state index contributed by atoms with van der Waals surface area (Å²) in [6.07, 6.45) is 0. The first kappa shape index (κ1) is 15.5. The van der Waals surface area contributed by atoms with Gasteiger partial charge in [0.25, 0.3) is 0 Å². The quantitative estimate of drug-likeness (QED) is 0.840. The lowest BCUT2D eigenvalue weighted by Crippen LogP contribution is -2.11. The molecule has 0 saturated heterocycles. The predicted octanol–water partition coefficient (Wildman–Crippen LogP) is 4.43. The van der Waals surface area contributed by atoms with Crippen molar-refractivity contribution in [1.29, 1.82) is 0 Å². The minimum atomic E-state index is -3.55. The van der Waals surface area contributed by atoms with E-state index in [1.807, 2.05) is 18.2 Å². The lowest BCUT2D eigenvalue weighted by molar-refractivity contribution is 0.588. The zero-order valence-electron chi connectivity index (χ0n) is 12.6. The highest BCUT2D eigenvalue weighted by Crippen LogP contribution is 2.28. The molecule has 2 aromatic rings. The van der Waals surface area contributed by atoms with Gasteiger partial charge in [0.1, 0.15) is 0 Å². The number of hydrogen-bond donors (Lipinski definition) is 0. The maximum absolute atomic E-state index is 12.6. The van der Waals surface area contributed by atoms with Crippen molar-refractivity contribution in [2.45, 2.75) is 31.1 Å². The van der Waals surface area contributed by atoms with Crippen LogP contribution in [0.5, 0.6) is 0 Å². The van der Waals surface area contributed by atoms with Crippen molar-refractivity contribution in [1.82, 2.24) is 0 Å². The monoisotopic (exact) mass is 300 g/mol. The van der Waals surface area contributed by atoms with E-state index in [0.717, 1.165) is 5.56 Å². The van der Waals surface area contributed by atoms with E-state index in [1.165, 1.54) is 0 Å². The molecule has 0 aliphatic heterocycles. The van der Waals surface area contributed by atoms with Crippen LogP contribution < -0.4 is 0 Å². The van der Waals surface area contributed by atoms with Gasteiger partial charge in [0.2, 0.25) is 9.84 Å². The molecular formula is C18H20O2S. The average molecular weight is 300 g/mol. The summed E-state index contributed by atoms with van der Waals surface area (Å²) in [5, 5.41) is 0. The van der Waals surface area contributed by atoms with Crippen molar-refractivity contribution in [2.75, 3.05) is 0 Å². The molecule has 0 atom stereocenters. The van der Waals surface area contributed by atoms with Crippen molar-refractivity contribution >= 4 is 14.7 Å². The lowest BCUT2D eigenvalue weighted by Gasteiger charge is -2.19. The van der Waals surface area contributed by atoms with E-state index in [2.05, 4.69) is 27.4 Å². The van der Waals surface area contributed by atoms with Crippen LogP contribution in [0.1, 0.15) is 31.9 Å². The highest BCUT2D eigenvalue weighted by atomic mass is 32.2. The zero-order valence-corrected chi connectivity index (χ0v) is 13.4. The maximum atomic E-state index is 12.6. The maximum Gasteiger partial charge on any atom is 0.206 e. The SMILES string of the molecule is C=C(c1ccccc1)S(=O)(=O)c1ccc(C(C)(C)C)cc1. The Morgan fingerprint density at radius 1 is 0.905 bits per heavy atom. The smallest absolute Gasteiger partial charge is 0.206 e. The second kappa shape index (κ2) is 5.49. The van der Waals surface area contributed by atoms with Crippen LogP contribution in [0.3, 0.4) is 0 Å². The average Bonchev–Trinajstić information content (AvgIpc) is 2.46. The Balaban J connectivity index is 2.39. The standard InChI is InChI=1S/C18H20O2S/c1-14(15-8-6-5-7-9-15)21(19,20)17-12-10-16(11-13-17)18(2,3)4/h5-13H,1H2,2-4H3. The Hall–Kier alpha value is -1.87. The second-order valence-electron chi connectivity index (χ2n) is 6.07. The molecule has 0 N–H and O–H groups in total. The second-order valence-corrected chi connectivity index (χ2v) is 8.04. The first-order valence-corrected chi connectivity index (χ1v) is 8.31.